The minimum Gasteiger partial charge on any atom is -0.493 e. The summed E-state index contributed by atoms with van der Waals surface area (Å²) in [6.45, 7) is 1.77. The highest BCUT2D eigenvalue weighted by atomic mass is 35.5. The lowest BCUT2D eigenvalue weighted by atomic mass is 10.2. The zero-order chi connectivity index (χ0) is 19.8. The number of halogens is 3. The van der Waals surface area contributed by atoms with Crippen molar-refractivity contribution in [2.75, 3.05) is 18.5 Å². The van der Waals surface area contributed by atoms with Crippen molar-refractivity contribution in [1.82, 2.24) is 0 Å². The van der Waals surface area contributed by atoms with E-state index in [1.807, 2.05) is 6.92 Å². The van der Waals surface area contributed by atoms with Crippen LogP contribution in [0, 0.1) is 12.7 Å². The molecule has 0 bridgehead atoms. The van der Waals surface area contributed by atoms with Crippen molar-refractivity contribution in [2.45, 2.75) is 19.8 Å². The van der Waals surface area contributed by atoms with Gasteiger partial charge in [-0.1, -0.05) is 23.2 Å². The van der Waals surface area contributed by atoms with Gasteiger partial charge in [0.2, 0.25) is 0 Å². The number of benzene rings is 2. The van der Waals surface area contributed by atoms with Crippen LogP contribution in [0.25, 0.3) is 0 Å². The Morgan fingerprint density at radius 3 is 2.63 bits per heavy atom. The fourth-order valence-electron chi connectivity index (χ4n) is 2.16. The predicted octanol–water partition coefficient (Wildman–Crippen LogP) is 4.78. The van der Waals surface area contributed by atoms with E-state index in [9.17, 15) is 14.0 Å². The van der Waals surface area contributed by atoms with Crippen LogP contribution in [-0.2, 0) is 14.3 Å². The van der Waals surface area contributed by atoms with Crippen LogP contribution in [0.15, 0.2) is 36.4 Å². The molecule has 0 aliphatic carbocycles. The van der Waals surface area contributed by atoms with Crippen LogP contribution in [0.3, 0.4) is 0 Å². The fourth-order valence-corrected chi connectivity index (χ4v) is 2.57. The van der Waals surface area contributed by atoms with Gasteiger partial charge in [0.05, 0.1) is 11.6 Å². The Morgan fingerprint density at radius 1 is 1.15 bits per heavy atom. The van der Waals surface area contributed by atoms with E-state index in [-0.39, 0.29) is 11.4 Å². The minimum absolute atomic E-state index is 0.110. The zero-order valence-electron chi connectivity index (χ0n) is 14.6. The van der Waals surface area contributed by atoms with E-state index in [4.69, 9.17) is 32.7 Å². The molecule has 0 heterocycles. The van der Waals surface area contributed by atoms with Crippen molar-refractivity contribution in [3.05, 3.63) is 57.8 Å². The summed E-state index contributed by atoms with van der Waals surface area (Å²) < 4.78 is 23.5. The molecular formula is C19H18Cl2FNO4. The maximum atomic E-state index is 13.1. The summed E-state index contributed by atoms with van der Waals surface area (Å²) in [7, 11) is 0. The van der Waals surface area contributed by atoms with E-state index in [2.05, 4.69) is 5.32 Å². The maximum Gasteiger partial charge on any atom is 0.306 e. The molecule has 144 valence electrons. The number of hydrogen-bond acceptors (Lipinski definition) is 4. The summed E-state index contributed by atoms with van der Waals surface area (Å²) in [5.41, 5.74) is 1.22. The Labute approximate surface area is 166 Å². The second-order valence-electron chi connectivity index (χ2n) is 5.70. The molecule has 1 amide bonds. The quantitative estimate of drug-likeness (QED) is 0.499. The van der Waals surface area contributed by atoms with Gasteiger partial charge in [0.1, 0.15) is 11.6 Å². The third-order valence-electron chi connectivity index (χ3n) is 3.49. The molecule has 0 unspecified atom stereocenters. The van der Waals surface area contributed by atoms with E-state index in [1.165, 1.54) is 12.1 Å². The number of nitrogens with one attached hydrogen (secondary N) is 1. The minimum atomic E-state index is -0.586. The average molecular weight is 414 g/mol. The largest absolute Gasteiger partial charge is 0.493 e. The summed E-state index contributed by atoms with van der Waals surface area (Å²) in [6, 6.07) is 9.04. The molecule has 0 radical (unpaired) electrons. The first-order valence-electron chi connectivity index (χ1n) is 8.14. The first kappa shape index (κ1) is 21.0. The molecule has 0 aliphatic heterocycles. The van der Waals surface area contributed by atoms with Gasteiger partial charge >= 0.3 is 5.97 Å². The van der Waals surface area contributed by atoms with Gasteiger partial charge in [0.25, 0.3) is 5.91 Å². The molecule has 2 rings (SSSR count). The lowest BCUT2D eigenvalue weighted by Gasteiger charge is -2.09. The second-order valence-corrected chi connectivity index (χ2v) is 6.54. The molecule has 2 aromatic rings. The number of aryl methyl sites for hydroxylation is 1. The SMILES string of the molecule is Cc1cc(Cl)ccc1OCCCC(=O)OCC(=O)Nc1ccc(F)c(Cl)c1. The normalized spacial score (nSPS) is 10.4. The number of esters is 1. The molecule has 0 fully saturated rings. The van der Waals surface area contributed by atoms with Gasteiger partial charge in [0, 0.05) is 17.1 Å². The molecule has 1 N–H and O–H groups in total. The molecule has 0 aromatic heterocycles. The van der Waals surface area contributed by atoms with Gasteiger partial charge in [-0.15, -0.1) is 0 Å². The van der Waals surface area contributed by atoms with Crippen molar-refractivity contribution >= 4 is 40.8 Å². The van der Waals surface area contributed by atoms with Crippen LogP contribution in [0.4, 0.5) is 10.1 Å². The van der Waals surface area contributed by atoms with Crippen LogP contribution < -0.4 is 10.1 Å². The Balaban J connectivity index is 1.65. The van der Waals surface area contributed by atoms with Crippen molar-refractivity contribution in [3.63, 3.8) is 0 Å². The van der Waals surface area contributed by atoms with Crippen LogP contribution in [0.1, 0.15) is 18.4 Å². The lowest BCUT2D eigenvalue weighted by Crippen LogP contribution is -2.21. The van der Waals surface area contributed by atoms with Gasteiger partial charge in [0.15, 0.2) is 6.61 Å². The fraction of sp³-hybridized carbons (Fsp3) is 0.263. The van der Waals surface area contributed by atoms with Crippen molar-refractivity contribution in [1.29, 1.82) is 0 Å². The molecule has 0 aliphatic rings. The van der Waals surface area contributed by atoms with Crippen LogP contribution in [0.5, 0.6) is 5.75 Å². The Bertz CT molecular complexity index is 829. The van der Waals surface area contributed by atoms with Crippen LogP contribution in [-0.4, -0.2) is 25.1 Å². The van der Waals surface area contributed by atoms with E-state index < -0.39 is 24.3 Å². The Morgan fingerprint density at radius 2 is 1.93 bits per heavy atom. The predicted molar refractivity (Wildman–Crippen MR) is 102 cm³/mol. The summed E-state index contributed by atoms with van der Waals surface area (Å²) in [5, 5.41) is 2.98. The number of rotatable bonds is 8. The molecular weight excluding hydrogens is 396 g/mol. The molecule has 0 spiro atoms. The monoisotopic (exact) mass is 413 g/mol. The average Bonchev–Trinajstić information content (AvgIpc) is 2.61. The number of anilines is 1. The highest BCUT2D eigenvalue weighted by Crippen LogP contribution is 2.22. The number of amides is 1. The number of carbonyl (C=O) groups is 2. The molecule has 0 atom stereocenters. The van der Waals surface area contributed by atoms with E-state index in [0.29, 0.717) is 29.5 Å². The van der Waals surface area contributed by atoms with Crippen LogP contribution >= 0.6 is 23.2 Å². The summed E-state index contributed by atoms with van der Waals surface area (Å²) in [4.78, 5) is 23.4. The van der Waals surface area contributed by atoms with Crippen LogP contribution in [0.2, 0.25) is 10.0 Å². The Kier molecular flexibility index (Phi) is 7.88. The van der Waals surface area contributed by atoms with Gasteiger partial charge in [-0.2, -0.15) is 0 Å². The topological polar surface area (TPSA) is 64.6 Å². The maximum absolute atomic E-state index is 13.1. The zero-order valence-corrected chi connectivity index (χ0v) is 16.1. The highest BCUT2D eigenvalue weighted by molar-refractivity contribution is 6.31. The third-order valence-corrected chi connectivity index (χ3v) is 4.01. The molecule has 27 heavy (non-hydrogen) atoms. The van der Waals surface area contributed by atoms with Crippen molar-refractivity contribution in [2.24, 2.45) is 0 Å². The van der Waals surface area contributed by atoms with E-state index >= 15 is 0 Å². The Hall–Kier alpha value is -2.31. The first-order valence-corrected chi connectivity index (χ1v) is 8.90. The van der Waals surface area contributed by atoms with E-state index in [0.717, 1.165) is 11.6 Å². The smallest absolute Gasteiger partial charge is 0.306 e. The highest BCUT2D eigenvalue weighted by Gasteiger charge is 2.09. The van der Waals surface area contributed by atoms with Crippen molar-refractivity contribution in [3.8, 4) is 5.75 Å². The number of carbonyl (C=O) groups excluding carboxylic acids is 2. The standard InChI is InChI=1S/C19H18Cl2FNO4/c1-12-9-13(20)4-7-17(12)26-8-2-3-19(25)27-11-18(24)23-14-5-6-16(22)15(21)10-14/h4-7,9-10H,2-3,8,11H2,1H3,(H,23,24). The lowest BCUT2D eigenvalue weighted by molar-refractivity contribution is -0.147. The molecule has 5 nitrogen and oxygen atoms in total. The summed E-state index contributed by atoms with van der Waals surface area (Å²) in [6.07, 6.45) is 0.554. The van der Waals surface area contributed by atoms with E-state index in [1.54, 1.807) is 18.2 Å². The number of ether oxygens (including phenoxy) is 2. The summed E-state index contributed by atoms with van der Waals surface area (Å²) in [5.74, 6) is -0.944. The van der Waals surface area contributed by atoms with Gasteiger partial charge in [-0.25, -0.2) is 4.39 Å². The second kappa shape index (κ2) is 10.1. The molecule has 0 saturated heterocycles. The van der Waals surface area contributed by atoms with Gasteiger partial charge in [-0.05, 0) is 55.3 Å². The first-order chi connectivity index (χ1) is 12.8. The van der Waals surface area contributed by atoms with Crippen molar-refractivity contribution < 1.29 is 23.5 Å². The van der Waals surface area contributed by atoms with Gasteiger partial charge < -0.3 is 14.8 Å². The molecule has 2 aromatic carbocycles. The molecule has 8 heteroatoms. The summed E-state index contributed by atoms with van der Waals surface area (Å²) >= 11 is 11.5. The third kappa shape index (κ3) is 7.07. The van der Waals surface area contributed by atoms with Gasteiger partial charge in [-0.3, -0.25) is 9.59 Å². The molecule has 0 saturated carbocycles. The number of hydrogen-bond donors (Lipinski definition) is 1.